The Kier molecular flexibility index (Phi) is 5.71. The Bertz CT molecular complexity index is 516. The van der Waals surface area contributed by atoms with E-state index in [-0.39, 0.29) is 6.61 Å². The van der Waals surface area contributed by atoms with E-state index in [1.165, 1.54) is 0 Å². The first-order valence-corrected chi connectivity index (χ1v) is 7.36. The number of hydrogen-bond acceptors (Lipinski definition) is 3. The van der Waals surface area contributed by atoms with Gasteiger partial charge in [0.15, 0.2) is 0 Å². The fourth-order valence-corrected chi connectivity index (χ4v) is 2.21. The third-order valence-electron chi connectivity index (χ3n) is 2.60. The predicted molar refractivity (Wildman–Crippen MR) is 85.6 cm³/mol. The van der Waals surface area contributed by atoms with Gasteiger partial charge in [-0.3, -0.25) is 0 Å². The summed E-state index contributed by atoms with van der Waals surface area (Å²) in [5.74, 6) is 0.723. The molecule has 106 valence electrons. The van der Waals surface area contributed by atoms with Crippen molar-refractivity contribution in [2.24, 2.45) is 0 Å². The molecule has 2 rings (SSSR count). The largest absolute Gasteiger partial charge is 0.491 e. The summed E-state index contributed by atoms with van der Waals surface area (Å²) in [4.78, 5) is 0. The fourth-order valence-electron chi connectivity index (χ4n) is 1.64. The Morgan fingerprint density at radius 3 is 2.75 bits per heavy atom. The van der Waals surface area contributed by atoms with E-state index < -0.39 is 6.10 Å². The molecule has 3 nitrogen and oxygen atoms in total. The first-order chi connectivity index (χ1) is 9.63. The highest BCUT2D eigenvalue weighted by Gasteiger charge is 2.05. The van der Waals surface area contributed by atoms with E-state index >= 15 is 0 Å². The number of aliphatic hydroxyl groups excluding tert-OH is 1. The number of benzene rings is 2. The summed E-state index contributed by atoms with van der Waals surface area (Å²) in [6.45, 7) is 0.623. The summed E-state index contributed by atoms with van der Waals surface area (Å²) in [7, 11) is 0. The van der Waals surface area contributed by atoms with Crippen LogP contribution in [0.15, 0.2) is 53.0 Å². The molecule has 0 spiro atoms. The van der Waals surface area contributed by atoms with E-state index in [9.17, 15) is 5.11 Å². The minimum atomic E-state index is -0.604. The van der Waals surface area contributed by atoms with E-state index in [4.69, 9.17) is 16.3 Å². The molecule has 0 aliphatic heterocycles. The van der Waals surface area contributed by atoms with Crippen LogP contribution in [-0.4, -0.2) is 24.4 Å². The Hall–Kier alpha value is -1.23. The number of hydrogen-bond donors (Lipinski definition) is 2. The van der Waals surface area contributed by atoms with Crippen molar-refractivity contribution < 1.29 is 9.84 Å². The summed E-state index contributed by atoms with van der Waals surface area (Å²) >= 11 is 9.25. The van der Waals surface area contributed by atoms with Crippen molar-refractivity contribution in [3.05, 3.63) is 58.0 Å². The van der Waals surface area contributed by atoms with Crippen molar-refractivity contribution in [1.82, 2.24) is 0 Å². The third kappa shape index (κ3) is 5.04. The van der Waals surface area contributed by atoms with Gasteiger partial charge >= 0.3 is 0 Å². The summed E-state index contributed by atoms with van der Waals surface area (Å²) in [5.41, 5.74) is 0.874. The molecule has 2 aromatic rings. The van der Waals surface area contributed by atoms with Crippen LogP contribution >= 0.6 is 27.5 Å². The number of ether oxygens (including phenoxy) is 1. The van der Waals surface area contributed by atoms with Crippen molar-refractivity contribution in [2.45, 2.75) is 6.10 Å². The monoisotopic (exact) mass is 355 g/mol. The number of rotatable bonds is 6. The van der Waals surface area contributed by atoms with Gasteiger partial charge in [-0.15, -0.1) is 0 Å². The topological polar surface area (TPSA) is 41.5 Å². The maximum Gasteiger partial charge on any atom is 0.120 e. The summed E-state index contributed by atoms with van der Waals surface area (Å²) in [6.07, 6.45) is -0.604. The van der Waals surface area contributed by atoms with Crippen LogP contribution in [0.1, 0.15) is 0 Å². The van der Waals surface area contributed by atoms with E-state index in [1.807, 2.05) is 42.5 Å². The maximum atomic E-state index is 9.88. The minimum absolute atomic E-state index is 0.226. The number of nitrogens with one attached hydrogen (secondary N) is 1. The molecule has 0 bridgehead atoms. The smallest absolute Gasteiger partial charge is 0.120 e. The van der Waals surface area contributed by atoms with E-state index in [0.717, 1.165) is 15.9 Å². The molecule has 2 N–H and O–H groups in total. The van der Waals surface area contributed by atoms with E-state index in [0.29, 0.717) is 11.6 Å². The van der Waals surface area contributed by atoms with E-state index in [1.54, 1.807) is 6.07 Å². The van der Waals surface area contributed by atoms with Crippen molar-refractivity contribution in [1.29, 1.82) is 0 Å². The molecule has 0 radical (unpaired) electrons. The molecule has 0 saturated carbocycles. The van der Waals surface area contributed by atoms with Crippen LogP contribution in [0.5, 0.6) is 5.75 Å². The summed E-state index contributed by atoms with van der Waals surface area (Å²) < 4.78 is 6.46. The third-order valence-corrected chi connectivity index (χ3v) is 3.33. The minimum Gasteiger partial charge on any atom is -0.491 e. The lowest BCUT2D eigenvalue weighted by atomic mass is 10.3. The molecule has 0 aliphatic rings. The van der Waals surface area contributed by atoms with Crippen LogP contribution in [0, 0.1) is 0 Å². The molecular weight excluding hydrogens is 342 g/mol. The van der Waals surface area contributed by atoms with Crippen LogP contribution in [-0.2, 0) is 0 Å². The van der Waals surface area contributed by atoms with Crippen molar-refractivity contribution >= 4 is 33.2 Å². The Balaban J connectivity index is 1.77. The molecular formula is C15H15BrClNO2. The molecule has 1 atom stereocenters. The number of anilines is 1. The zero-order valence-corrected chi connectivity index (χ0v) is 13.1. The molecule has 0 heterocycles. The van der Waals surface area contributed by atoms with Gasteiger partial charge in [0.05, 0.1) is 0 Å². The van der Waals surface area contributed by atoms with Gasteiger partial charge in [-0.05, 0) is 36.4 Å². The standard InChI is InChI=1S/C15H15BrClNO2/c16-11-3-1-6-15(7-11)20-10-14(19)9-18-13-5-2-4-12(17)8-13/h1-8,14,18-19H,9-10H2. The molecule has 20 heavy (non-hydrogen) atoms. The average molecular weight is 357 g/mol. The molecule has 0 amide bonds. The molecule has 0 saturated heterocycles. The van der Waals surface area contributed by atoms with Crippen molar-refractivity contribution in [3.8, 4) is 5.75 Å². The summed E-state index contributed by atoms with van der Waals surface area (Å²) in [5, 5.41) is 13.6. The van der Waals surface area contributed by atoms with Gasteiger partial charge in [-0.1, -0.05) is 39.7 Å². The second-order valence-electron chi connectivity index (χ2n) is 4.31. The average Bonchev–Trinajstić information content (AvgIpc) is 2.43. The highest BCUT2D eigenvalue weighted by atomic mass is 79.9. The Morgan fingerprint density at radius 2 is 2.00 bits per heavy atom. The van der Waals surface area contributed by atoms with Crippen LogP contribution in [0.25, 0.3) is 0 Å². The lowest BCUT2D eigenvalue weighted by Crippen LogP contribution is -2.26. The molecule has 5 heteroatoms. The van der Waals surface area contributed by atoms with Gasteiger partial charge in [-0.25, -0.2) is 0 Å². The zero-order chi connectivity index (χ0) is 14.4. The van der Waals surface area contributed by atoms with E-state index in [2.05, 4.69) is 21.2 Å². The van der Waals surface area contributed by atoms with Gasteiger partial charge in [-0.2, -0.15) is 0 Å². The van der Waals surface area contributed by atoms with Crippen LogP contribution in [0.2, 0.25) is 5.02 Å². The highest BCUT2D eigenvalue weighted by molar-refractivity contribution is 9.10. The normalized spacial score (nSPS) is 11.9. The molecule has 1 unspecified atom stereocenters. The maximum absolute atomic E-state index is 9.88. The first kappa shape index (κ1) is 15.2. The first-order valence-electron chi connectivity index (χ1n) is 6.19. The van der Waals surface area contributed by atoms with Gasteiger partial charge in [0.2, 0.25) is 0 Å². The Morgan fingerprint density at radius 1 is 1.20 bits per heavy atom. The second kappa shape index (κ2) is 7.53. The number of aliphatic hydroxyl groups is 1. The second-order valence-corrected chi connectivity index (χ2v) is 5.67. The lowest BCUT2D eigenvalue weighted by Gasteiger charge is -2.14. The highest BCUT2D eigenvalue weighted by Crippen LogP contribution is 2.18. The van der Waals surface area contributed by atoms with Gasteiger partial charge in [0, 0.05) is 21.7 Å². The Labute approximate surface area is 131 Å². The zero-order valence-electron chi connectivity index (χ0n) is 10.7. The fraction of sp³-hybridized carbons (Fsp3) is 0.200. The SMILES string of the molecule is OC(CNc1cccc(Cl)c1)COc1cccc(Br)c1. The molecule has 0 fully saturated rings. The lowest BCUT2D eigenvalue weighted by molar-refractivity contribution is 0.117. The predicted octanol–water partition coefficient (Wildman–Crippen LogP) is 3.95. The van der Waals surface area contributed by atoms with Crippen molar-refractivity contribution in [2.75, 3.05) is 18.5 Å². The number of halogens is 2. The van der Waals surface area contributed by atoms with Crippen molar-refractivity contribution in [3.63, 3.8) is 0 Å². The van der Waals surface area contributed by atoms with Gasteiger partial charge in [0.25, 0.3) is 0 Å². The molecule has 0 aliphatic carbocycles. The van der Waals surface area contributed by atoms with Crippen LogP contribution in [0.3, 0.4) is 0 Å². The van der Waals surface area contributed by atoms with Gasteiger partial charge < -0.3 is 15.2 Å². The van der Waals surface area contributed by atoms with Crippen LogP contribution in [0.4, 0.5) is 5.69 Å². The van der Waals surface area contributed by atoms with Gasteiger partial charge in [0.1, 0.15) is 18.5 Å². The molecule has 0 aromatic heterocycles. The van der Waals surface area contributed by atoms with Crippen LogP contribution < -0.4 is 10.1 Å². The quantitative estimate of drug-likeness (QED) is 0.823. The summed E-state index contributed by atoms with van der Waals surface area (Å²) in [6, 6.07) is 14.9. The molecule has 2 aromatic carbocycles.